The van der Waals surface area contributed by atoms with Gasteiger partial charge in [0.15, 0.2) is 0 Å². The number of carbonyl (C=O) groups excluding carboxylic acids is 1. The first-order chi connectivity index (χ1) is 16.9. The predicted molar refractivity (Wildman–Crippen MR) is 139 cm³/mol. The average molecular weight is 538 g/mol. The average Bonchev–Trinajstić information content (AvgIpc) is 3.25. The Labute approximate surface area is 216 Å². The second-order valence-electron chi connectivity index (χ2n) is 10.2. The zero-order valence-electron chi connectivity index (χ0n) is 21.1. The largest absolute Gasteiger partial charge is 0.391 e. The molecular formula is C23H35N7O4S2. The van der Waals surface area contributed by atoms with Crippen molar-refractivity contribution in [2.24, 2.45) is 5.92 Å². The molecule has 11 nitrogen and oxygen atoms in total. The maximum Gasteiger partial charge on any atom is 0.252 e. The van der Waals surface area contributed by atoms with Gasteiger partial charge in [0.05, 0.1) is 22.7 Å². The highest BCUT2D eigenvalue weighted by Crippen LogP contribution is 2.30. The number of hydrogen-bond acceptors (Lipinski definition) is 10. The van der Waals surface area contributed by atoms with E-state index in [9.17, 15) is 18.3 Å². The summed E-state index contributed by atoms with van der Waals surface area (Å²) in [5, 5.41) is 13.7. The van der Waals surface area contributed by atoms with E-state index in [1.807, 2.05) is 18.7 Å². The third-order valence-corrected chi connectivity index (χ3v) is 9.93. The number of nitrogens with zero attached hydrogens (tertiary/aromatic N) is 5. The SMILES string of the molecule is CC(C)[C@H]1C(=O)NCCN1C[C@H]1CN(S(=O)(=O)c2ccc(N)s2)CCN1c1ncc(C(C)(C)O)cn1. The van der Waals surface area contributed by atoms with Crippen LogP contribution in [0.5, 0.6) is 0 Å². The zero-order chi connectivity index (χ0) is 26.3. The molecule has 4 rings (SSSR count). The van der Waals surface area contributed by atoms with Crippen molar-refractivity contribution in [3.8, 4) is 0 Å². The van der Waals surface area contributed by atoms with Gasteiger partial charge in [-0.05, 0) is 31.9 Å². The number of carbonyl (C=O) groups is 1. The molecular weight excluding hydrogens is 502 g/mol. The molecule has 2 aliphatic rings. The van der Waals surface area contributed by atoms with E-state index in [2.05, 4.69) is 20.2 Å². The van der Waals surface area contributed by atoms with Crippen LogP contribution in [0, 0.1) is 5.92 Å². The lowest BCUT2D eigenvalue weighted by Crippen LogP contribution is -2.64. The van der Waals surface area contributed by atoms with E-state index < -0.39 is 15.6 Å². The number of piperazine rings is 2. The Morgan fingerprint density at radius 2 is 1.92 bits per heavy atom. The summed E-state index contributed by atoms with van der Waals surface area (Å²) in [5.74, 6) is 0.550. The van der Waals surface area contributed by atoms with Crippen molar-refractivity contribution in [2.45, 2.75) is 49.6 Å². The minimum atomic E-state index is -3.71. The van der Waals surface area contributed by atoms with Gasteiger partial charge in [0.25, 0.3) is 10.0 Å². The lowest BCUT2D eigenvalue weighted by Gasteiger charge is -2.45. The van der Waals surface area contributed by atoms with Crippen LogP contribution in [0.3, 0.4) is 0 Å². The summed E-state index contributed by atoms with van der Waals surface area (Å²) in [6, 6.07) is 2.55. The first kappa shape index (κ1) is 26.7. The van der Waals surface area contributed by atoms with Crippen LogP contribution in [-0.2, 0) is 20.4 Å². The third-order valence-electron chi connectivity index (χ3n) is 6.68. The van der Waals surface area contributed by atoms with Gasteiger partial charge in [-0.1, -0.05) is 13.8 Å². The quantitative estimate of drug-likeness (QED) is 0.464. The van der Waals surface area contributed by atoms with E-state index in [1.54, 1.807) is 38.4 Å². The Morgan fingerprint density at radius 1 is 1.22 bits per heavy atom. The minimum absolute atomic E-state index is 0.0112. The van der Waals surface area contributed by atoms with Crippen molar-refractivity contribution < 1.29 is 18.3 Å². The molecule has 0 saturated carbocycles. The smallest absolute Gasteiger partial charge is 0.252 e. The summed E-state index contributed by atoms with van der Waals surface area (Å²) in [6.07, 6.45) is 3.20. The molecule has 2 fully saturated rings. The van der Waals surface area contributed by atoms with Crippen molar-refractivity contribution in [1.82, 2.24) is 24.5 Å². The van der Waals surface area contributed by atoms with Crippen LogP contribution in [0.25, 0.3) is 0 Å². The summed E-state index contributed by atoms with van der Waals surface area (Å²) >= 11 is 1.05. The van der Waals surface area contributed by atoms with E-state index in [1.165, 1.54) is 4.31 Å². The van der Waals surface area contributed by atoms with Gasteiger partial charge in [0, 0.05) is 57.2 Å². The fraction of sp³-hybridized carbons (Fsp3) is 0.609. The molecule has 36 heavy (non-hydrogen) atoms. The zero-order valence-corrected chi connectivity index (χ0v) is 22.7. The molecule has 13 heteroatoms. The highest BCUT2D eigenvalue weighted by molar-refractivity contribution is 7.91. The maximum absolute atomic E-state index is 13.4. The summed E-state index contributed by atoms with van der Waals surface area (Å²) < 4.78 is 28.5. The number of nitrogens with one attached hydrogen (secondary N) is 1. The molecule has 1 amide bonds. The lowest BCUT2D eigenvalue weighted by atomic mass is 9.98. The van der Waals surface area contributed by atoms with E-state index in [0.717, 1.165) is 11.3 Å². The van der Waals surface area contributed by atoms with Gasteiger partial charge in [-0.15, -0.1) is 11.3 Å². The molecule has 4 N–H and O–H groups in total. The van der Waals surface area contributed by atoms with Crippen molar-refractivity contribution in [3.63, 3.8) is 0 Å². The molecule has 2 atom stereocenters. The first-order valence-electron chi connectivity index (χ1n) is 12.1. The van der Waals surface area contributed by atoms with Crippen molar-refractivity contribution in [1.29, 1.82) is 0 Å². The van der Waals surface area contributed by atoms with E-state index in [0.29, 0.717) is 42.7 Å². The molecule has 2 aliphatic heterocycles. The number of sulfonamides is 1. The lowest BCUT2D eigenvalue weighted by molar-refractivity contribution is -0.130. The summed E-state index contributed by atoms with van der Waals surface area (Å²) in [7, 11) is -3.71. The summed E-state index contributed by atoms with van der Waals surface area (Å²) in [4.78, 5) is 25.8. The topological polar surface area (TPSA) is 145 Å². The van der Waals surface area contributed by atoms with Crippen LogP contribution in [0.4, 0.5) is 10.9 Å². The van der Waals surface area contributed by atoms with Crippen LogP contribution >= 0.6 is 11.3 Å². The molecule has 2 aromatic heterocycles. The fourth-order valence-electron chi connectivity index (χ4n) is 4.78. The van der Waals surface area contributed by atoms with Gasteiger partial charge in [-0.25, -0.2) is 18.4 Å². The molecule has 2 saturated heterocycles. The standard InChI is InChI=1S/C23H35N7O4S2/c1-15(2)20-21(31)25-7-8-28(20)13-17-14-29(36(33,34)19-6-5-18(24)35-19)9-10-30(17)22-26-11-16(12-27-22)23(3,4)32/h5-6,11-12,15,17,20,32H,7-10,13-14,24H2,1-4H3,(H,25,31)/t17-,20-/m0/s1. The molecule has 0 unspecified atom stereocenters. The molecule has 2 aromatic rings. The number of rotatable bonds is 7. The van der Waals surface area contributed by atoms with Crippen LogP contribution in [-0.4, -0.2) is 90.0 Å². The van der Waals surface area contributed by atoms with Gasteiger partial charge in [0.2, 0.25) is 11.9 Å². The number of nitrogen functional groups attached to an aromatic ring is 1. The molecule has 0 spiro atoms. The maximum atomic E-state index is 13.4. The number of thiophene rings is 1. The van der Waals surface area contributed by atoms with Crippen molar-refractivity contribution in [2.75, 3.05) is 49.9 Å². The highest BCUT2D eigenvalue weighted by Gasteiger charge is 2.40. The second kappa shape index (κ2) is 10.2. The van der Waals surface area contributed by atoms with Crippen LogP contribution in [0.1, 0.15) is 33.3 Å². The van der Waals surface area contributed by atoms with Gasteiger partial charge >= 0.3 is 0 Å². The molecule has 198 valence electrons. The van der Waals surface area contributed by atoms with Crippen molar-refractivity contribution >= 4 is 38.2 Å². The van der Waals surface area contributed by atoms with Crippen molar-refractivity contribution in [3.05, 3.63) is 30.1 Å². The number of nitrogens with two attached hydrogens (primary N) is 1. The van der Waals surface area contributed by atoms with Gasteiger partial charge < -0.3 is 21.1 Å². The van der Waals surface area contributed by atoms with Gasteiger partial charge in [-0.2, -0.15) is 4.31 Å². The van der Waals surface area contributed by atoms with Gasteiger partial charge in [0.1, 0.15) is 4.21 Å². The number of amides is 1. The van der Waals surface area contributed by atoms with Gasteiger partial charge in [-0.3, -0.25) is 9.69 Å². The number of anilines is 2. The van der Waals surface area contributed by atoms with E-state index >= 15 is 0 Å². The van der Waals surface area contributed by atoms with Crippen LogP contribution in [0.2, 0.25) is 0 Å². The molecule has 0 aromatic carbocycles. The summed E-state index contributed by atoms with van der Waals surface area (Å²) in [6.45, 7) is 9.93. The Kier molecular flexibility index (Phi) is 7.58. The Bertz CT molecular complexity index is 1180. The minimum Gasteiger partial charge on any atom is -0.391 e. The summed E-state index contributed by atoms with van der Waals surface area (Å²) in [5.41, 5.74) is 5.32. The number of aliphatic hydroxyl groups is 1. The Balaban J connectivity index is 1.64. The molecule has 0 aliphatic carbocycles. The number of aromatic nitrogens is 2. The Morgan fingerprint density at radius 3 is 2.50 bits per heavy atom. The second-order valence-corrected chi connectivity index (χ2v) is 13.5. The molecule has 4 heterocycles. The monoisotopic (exact) mass is 537 g/mol. The molecule has 0 radical (unpaired) electrons. The fourth-order valence-corrected chi connectivity index (χ4v) is 7.50. The highest BCUT2D eigenvalue weighted by atomic mass is 32.2. The third kappa shape index (κ3) is 5.49. The molecule has 0 bridgehead atoms. The normalized spacial score (nSPS) is 22.7. The predicted octanol–water partition coefficient (Wildman–Crippen LogP) is 0.684. The van der Waals surface area contributed by atoms with E-state index in [4.69, 9.17) is 5.73 Å². The first-order valence-corrected chi connectivity index (χ1v) is 14.3. The van der Waals surface area contributed by atoms with Crippen LogP contribution < -0.4 is 16.0 Å². The number of hydrogen-bond donors (Lipinski definition) is 3. The van der Waals surface area contributed by atoms with Crippen LogP contribution in [0.15, 0.2) is 28.7 Å². The van der Waals surface area contributed by atoms with E-state index in [-0.39, 0.29) is 41.2 Å². The Hall–Kier alpha value is -2.32.